The molecule has 0 fully saturated rings. The second kappa shape index (κ2) is 11.0. The number of benzene rings is 7. The molecular weight excluding hydrogens is 650 g/mol. The number of nitrogens with zero attached hydrogens (tertiary/aromatic N) is 1. The lowest BCUT2D eigenvalue weighted by molar-refractivity contribution is 0.591. The van der Waals surface area contributed by atoms with Crippen LogP contribution in [0.5, 0.6) is 0 Å². The van der Waals surface area contributed by atoms with Crippen LogP contribution in [0, 0.1) is 0 Å². The Morgan fingerprint density at radius 2 is 1.12 bits per heavy atom. The second-order valence-corrected chi connectivity index (χ2v) is 17.0. The Morgan fingerprint density at radius 3 is 1.87 bits per heavy atom. The topological polar surface area (TPSA) is 22.0 Å². The fraction of sp³-hybridized carbons (Fsp3) is 0.0612. The average molecular weight is 684 g/mol. The fourth-order valence-corrected chi connectivity index (χ4v) is 12.3. The van der Waals surface area contributed by atoms with E-state index in [4.69, 9.17) is 0 Å². The predicted octanol–water partition coefficient (Wildman–Crippen LogP) is 11.7. The molecule has 11 rings (SSSR count). The van der Waals surface area contributed by atoms with Crippen molar-refractivity contribution < 1.29 is 4.57 Å². The Labute approximate surface area is 303 Å². The van der Waals surface area contributed by atoms with Crippen LogP contribution in [0.3, 0.4) is 0 Å². The molecule has 1 heterocycles. The van der Waals surface area contributed by atoms with Gasteiger partial charge in [0.25, 0.3) is 0 Å². The zero-order valence-electron chi connectivity index (χ0n) is 28.5. The summed E-state index contributed by atoms with van der Waals surface area (Å²) < 4.78 is 18.3. The Bertz CT molecular complexity index is 2880. The van der Waals surface area contributed by atoms with Gasteiger partial charge >= 0.3 is 0 Å². The molecule has 3 aliphatic rings. The third-order valence-corrected chi connectivity index (χ3v) is 14.8. The standard InChI is InChI=1S/C49H34NOP/c51-52(34-18-6-2-7-19-34,35-20-8-3-9-21-35)36-28-29-39-37-22-10-13-25-43(37)49(45(39)30-36)44-26-14-11-23-38(44)41-31-42-40-24-12-15-27-47(40)50(48(42)32-46(41)49)33-16-4-1-5-17-33/h1-2,4-8,10-32H,3,9H2. The zero-order chi connectivity index (χ0) is 34.4. The van der Waals surface area contributed by atoms with Crippen molar-refractivity contribution in [3.8, 4) is 27.9 Å². The summed E-state index contributed by atoms with van der Waals surface area (Å²) in [5, 5.41) is 5.17. The molecular formula is C49H34NOP. The average Bonchev–Trinajstić information content (AvgIpc) is 3.81. The number of hydrogen-bond acceptors (Lipinski definition) is 1. The van der Waals surface area contributed by atoms with Crippen LogP contribution in [0.1, 0.15) is 35.1 Å². The van der Waals surface area contributed by atoms with E-state index in [0.717, 1.165) is 34.5 Å². The van der Waals surface area contributed by atoms with Crippen LogP contribution in [-0.2, 0) is 9.98 Å². The van der Waals surface area contributed by atoms with E-state index in [1.807, 2.05) is 30.3 Å². The van der Waals surface area contributed by atoms with Crippen LogP contribution < -0.4 is 10.6 Å². The molecule has 0 saturated carbocycles. The summed E-state index contributed by atoms with van der Waals surface area (Å²) in [5.74, 6) is 0. The Balaban J connectivity index is 1.27. The van der Waals surface area contributed by atoms with Gasteiger partial charge in [0.05, 0.1) is 16.4 Å². The second-order valence-electron chi connectivity index (χ2n) is 14.2. The van der Waals surface area contributed by atoms with Gasteiger partial charge in [0.2, 0.25) is 0 Å². The van der Waals surface area contributed by atoms with E-state index >= 15 is 4.57 Å². The van der Waals surface area contributed by atoms with Crippen molar-refractivity contribution >= 4 is 39.6 Å². The summed E-state index contributed by atoms with van der Waals surface area (Å²) in [7, 11) is -3.19. The molecule has 2 unspecified atom stereocenters. The summed E-state index contributed by atoms with van der Waals surface area (Å²) in [4.78, 5) is 0. The maximum atomic E-state index is 15.9. The van der Waals surface area contributed by atoms with E-state index in [9.17, 15) is 0 Å². The van der Waals surface area contributed by atoms with Crippen LogP contribution in [0.2, 0.25) is 0 Å². The maximum absolute atomic E-state index is 15.9. The van der Waals surface area contributed by atoms with E-state index in [1.54, 1.807) is 0 Å². The van der Waals surface area contributed by atoms with Gasteiger partial charge in [0, 0.05) is 32.4 Å². The molecule has 52 heavy (non-hydrogen) atoms. The van der Waals surface area contributed by atoms with Crippen molar-refractivity contribution in [3.05, 3.63) is 210 Å². The first-order valence-corrected chi connectivity index (χ1v) is 19.9. The molecule has 8 aromatic rings. The van der Waals surface area contributed by atoms with Gasteiger partial charge in [-0.2, -0.15) is 0 Å². The van der Waals surface area contributed by atoms with Crippen molar-refractivity contribution in [2.45, 2.75) is 18.3 Å². The molecule has 0 radical (unpaired) electrons. The van der Waals surface area contributed by atoms with Crippen LogP contribution >= 0.6 is 7.14 Å². The highest BCUT2D eigenvalue weighted by atomic mass is 31.2. The number of hydrogen-bond donors (Lipinski definition) is 0. The molecule has 0 saturated heterocycles. The minimum atomic E-state index is -3.19. The van der Waals surface area contributed by atoms with Crippen molar-refractivity contribution in [3.63, 3.8) is 0 Å². The third-order valence-electron chi connectivity index (χ3n) is 11.7. The highest BCUT2D eigenvalue weighted by Gasteiger charge is 2.52. The predicted molar refractivity (Wildman–Crippen MR) is 217 cm³/mol. The van der Waals surface area contributed by atoms with Crippen LogP contribution in [0.4, 0.5) is 0 Å². The monoisotopic (exact) mass is 683 g/mol. The van der Waals surface area contributed by atoms with Gasteiger partial charge in [-0.05, 0) is 93.7 Å². The number of aromatic nitrogens is 1. The summed E-state index contributed by atoms with van der Waals surface area (Å²) in [6.45, 7) is 0. The molecule has 7 aromatic carbocycles. The molecule has 2 atom stereocenters. The summed E-state index contributed by atoms with van der Waals surface area (Å²) >= 11 is 0. The van der Waals surface area contributed by atoms with Crippen molar-refractivity contribution in [2.24, 2.45) is 0 Å². The largest absolute Gasteiger partial charge is 0.309 e. The van der Waals surface area contributed by atoms with E-state index in [-0.39, 0.29) is 0 Å². The summed E-state index contributed by atoms with van der Waals surface area (Å²) in [5.41, 5.74) is 12.9. The lowest BCUT2D eigenvalue weighted by atomic mass is 9.70. The molecule has 246 valence electrons. The Hall–Kier alpha value is -5.95. The smallest absolute Gasteiger partial charge is 0.170 e. The number of para-hydroxylation sites is 2. The molecule has 0 amide bonds. The first-order chi connectivity index (χ1) is 25.7. The van der Waals surface area contributed by atoms with Gasteiger partial charge in [-0.1, -0.05) is 146 Å². The fourth-order valence-electron chi connectivity index (χ4n) is 9.56. The van der Waals surface area contributed by atoms with Crippen molar-refractivity contribution in [1.29, 1.82) is 0 Å². The molecule has 3 heteroatoms. The molecule has 0 bridgehead atoms. The van der Waals surface area contributed by atoms with Gasteiger partial charge in [-0.3, -0.25) is 0 Å². The molecule has 0 N–H and O–H groups in total. The molecule has 2 nitrogen and oxygen atoms in total. The van der Waals surface area contributed by atoms with Crippen molar-refractivity contribution in [1.82, 2.24) is 4.57 Å². The Kier molecular flexibility index (Phi) is 6.31. The molecule has 3 aliphatic carbocycles. The van der Waals surface area contributed by atoms with Gasteiger partial charge < -0.3 is 9.13 Å². The number of rotatable bonds is 4. The first-order valence-electron chi connectivity index (χ1n) is 18.2. The van der Waals surface area contributed by atoms with Gasteiger partial charge in [0.15, 0.2) is 7.14 Å². The minimum Gasteiger partial charge on any atom is -0.309 e. The molecule has 1 aromatic heterocycles. The quantitative estimate of drug-likeness (QED) is 0.169. The Morgan fingerprint density at radius 1 is 0.481 bits per heavy atom. The van der Waals surface area contributed by atoms with E-state index in [1.165, 1.54) is 66.3 Å². The lowest BCUT2D eigenvalue weighted by Crippen LogP contribution is -2.27. The first kappa shape index (κ1) is 29.7. The van der Waals surface area contributed by atoms with Gasteiger partial charge in [-0.15, -0.1) is 0 Å². The van der Waals surface area contributed by atoms with Gasteiger partial charge in [-0.25, -0.2) is 0 Å². The lowest BCUT2D eigenvalue weighted by Gasteiger charge is -2.31. The zero-order valence-corrected chi connectivity index (χ0v) is 29.4. The summed E-state index contributed by atoms with van der Waals surface area (Å²) in [6, 6.07) is 59.1. The maximum Gasteiger partial charge on any atom is 0.170 e. The van der Waals surface area contributed by atoms with Crippen molar-refractivity contribution in [2.75, 3.05) is 0 Å². The van der Waals surface area contributed by atoms with Crippen LogP contribution in [0.15, 0.2) is 187 Å². The number of allylic oxidation sites excluding steroid dienone is 4. The number of fused-ring (bicyclic) bond motifs is 13. The third kappa shape index (κ3) is 3.83. The SMILES string of the molecule is O=P(C1=CCCC=C1)(c1ccccc1)c1ccc2c(c1)C1(c3ccccc3-2)c2ccccc2-c2cc3c4ccccc4n(-c4ccccc4)c3cc21. The molecule has 1 spiro atoms. The van der Waals surface area contributed by atoms with Gasteiger partial charge in [0.1, 0.15) is 0 Å². The van der Waals surface area contributed by atoms with Crippen LogP contribution in [0.25, 0.3) is 49.7 Å². The molecule has 0 aliphatic heterocycles. The highest BCUT2D eigenvalue weighted by Crippen LogP contribution is 2.64. The minimum absolute atomic E-state index is 0.585. The summed E-state index contributed by atoms with van der Waals surface area (Å²) in [6.07, 6.45) is 8.35. The van der Waals surface area contributed by atoms with E-state index < -0.39 is 12.6 Å². The highest BCUT2D eigenvalue weighted by molar-refractivity contribution is 7.82. The van der Waals surface area contributed by atoms with Crippen LogP contribution in [-0.4, -0.2) is 4.57 Å². The van der Waals surface area contributed by atoms with E-state index in [2.05, 4.69) is 156 Å². The van der Waals surface area contributed by atoms with E-state index in [0.29, 0.717) is 0 Å². The normalized spacial score (nSPS) is 17.8.